The highest BCUT2D eigenvalue weighted by atomic mass is 127. The van der Waals surface area contributed by atoms with E-state index in [2.05, 4.69) is 5.32 Å². The van der Waals surface area contributed by atoms with Crippen molar-refractivity contribution >= 4 is 52.0 Å². The number of aliphatic hydroxyl groups is 1. The van der Waals surface area contributed by atoms with Crippen molar-refractivity contribution in [3.63, 3.8) is 0 Å². The zero-order valence-corrected chi connectivity index (χ0v) is 14.1. The number of ketones is 1. The number of nitrogens with one attached hydrogen (secondary N) is 1. The van der Waals surface area contributed by atoms with Crippen LogP contribution in [0, 0.1) is 0 Å². The first-order valence-electron chi connectivity index (χ1n) is 6.43. The van der Waals surface area contributed by atoms with Crippen molar-refractivity contribution in [2.24, 2.45) is 0 Å². The molecule has 0 aliphatic carbocycles. The molecule has 2 N–H and O–H groups in total. The van der Waals surface area contributed by atoms with E-state index in [4.69, 9.17) is 0 Å². The largest absolute Gasteiger partial charge is 0.383 e. The van der Waals surface area contributed by atoms with Crippen LogP contribution in [0.2, 0.25) is 0 Å². The van der Waals surface area contributed by atoms with Gasteiger partial charge in [0.05, 0.1) is 15.9 Å². The number of carbonyl (C=O) groups is 3. The van der Waals surface area contributed by atoms with Crippen molar-refractivity contribution in [3.05, 3.63) is 0 Å². The molecular formula is C12H19IN2O4S. The molecule has 20 heavy (non-hydrogen) atoms. The van der Waals surface area contributed by atoms with Crippen LogP contribution in [0.1, 0.15) is 12.8 Å². The first-order valence-corrected chi connectivity index (χ1v) is 9.11. The summed E-state index contributed by atoms with van der Waals surface area (Å²) in [7, 11) is 0. The number of hydrogen-bond donors (Lipinski definition) is 2. The second kappa shape index (κ2) is 9.56. The molecule has 0 aromatic rings. The molecule has 0 aromatic heterocycles. The molecule has 1 saturated heterocycles. The van der Waals surface area contributed by atoms with Crippen molar-refractivity contribution in [1.29, 1.82) is 0 Å². The van der Waals surface area contributed by atoms with E-state index >= 15 is 0 Å². The third kappa shape index (κ3) is 6.40. The second-order valence-corrected chi connectivity index (χ2v) is 6.25. The Morgan fingerprint density at radius 2 is 2.20 bits per heavy atom. The Bertz CT molecular complexity index is 367. The van der Waals surface area contributed by atoms with E-state index in [9.17, 15) is 19.5 Å². The summed E-state index contributed by atoms with van der Waals surface area (Å²) in [5.41, 5.74) is 0. The molecule has 114 valence electrons. The second-order valence-electron chi connectivity index (χ2n) is 4.50. The highest BCUT2D eigenvalue weighted by Gasteiger charge is 2.26. The van der Waals surface area contributed by atoms with Gasteiger partial charge in [-0.25, -0.2) is 0 Å². The number of halogens is 1. The Morgan fingerprint density at radius 1 is 1.45 bits per heavy atom. The molecule has 1 atom stereocenters. The van der Waals surface area contributed by atoms with E-state index in [1.54, 1.807) is 4.90 Å². The summed E-state index contributed by atoms with van der Waals surface area (Å²) in [6.07, 6.45) is 0.410. The van der Waals surface area contributed by atoms with Gasteiger partial charge >= 0.3 is 0 Å². The number of alkyl halides is 1. The number of likely N-dealkylation sites (tertiary alicyclic amines) is 1. The number of thioether (sulfide) groups is 1. The average Bonchev–Trinajstić information content (AvgIpc) is 2.43. The quantitative estimate of drug-likeness (QED) is 0.425. The molecule has 6 nitrogen and oxygen atoms in total. The van der Waals surface area contributed by atoms with Crippen molar-refractivity contribution in [2.75, 3.05) is 35.6 Å². The Kier molecular flexibility index (Phi) is 8.46. The van der Waals surface area contributed by atoms with Crippen molar-refractivity contribution in [3.8, 4) is 0 Å². The van der Waals surface area contributed by atoms with Crippen LogP contribution in [0.5, 0.6) is 0 Å². The van der Waals surface area contributed by atoms with E-state index in [1.807, 2.05) is 22.6 Å². The van der Waals surface area contributed by atoms with Crippen LogP contribution in [-0.2, 0) is 14.4 Å². The van der Waals surface area contributed by atoms with Gasteiger partial charge in [-0.1, -0.05) is 22.6 Å². The maximum absolute atomic E-state index is 11.6. The molecule has 1 unspecified atom stereocenters. The van der Waals surface area contributed by atoms with Gasteiger partial charge in [-0.2, -0.15) is 0 Å². The SMILES string of the molecule is O=C(CI)CSCC(=O)NCCN1CCCC(O)C1=O. The molecule has 1 fully saturated rings. The lowest BCUT2D eigenvalue weighted by atomic mass is 10.1. The van der Waals surface area contributed by atoms with E-state index in [-0.39, 0.29) is 23.4 Å². The number of carbonyl (C=O) groups excluding carboxylic acids is 3. The van der Waals surface area contributed by atoms with Gasteiger partial charge in [0, 0.05) is 19.6 Å². The maximum Gasteiger partial charge on any atom is 0.251 e. The molecule has 0 aromatic carbocycles. The van der Waals surface area contributed by atoms with Crippen LogP contribution < -0.4 is 5.32 Å². The lowest BCUT2D eigenvalue weighted by Crippen LogP contribution is -2.47. The first-order chi connectivity index (χ1) is 9.54. The standard InChI is InChI=1S/C12H19IN2O4S/c13-6-9(16)7-20-8-11(18)14-3-5-15-4-1-2-10(17)12(15)19/h10,17H,1-8H2,(H,14,18). The van der Waals surface area contributed by atoms with Crippen LogP contribution in [0.3, 0.4) is 0 Å². The molecule has 0 bridgehead atoms. The van der Waals surface area contributed by atoms with Crippen molar-refractivity contribution < 1.29 is 19.5 Å². The van der Waals surface area contributed by atoms with Crippen LogP contribution in [0.15, 0.2) is 0 Å². The zero-order valence-electron chi connectivity index (χ0n) is 11.1. The van der Waals surface area contributed by atoms with Gasteiger partial charge in [-0.05, 0) is 12.8 Å². The Hall–Kier alpha value is -0.350. The number of hydrogen-bond acceptors (Lipinski definition) is 5. The highest BCUT2D eigenvalue weighted by Crippen LogP contribution is 2.10. The van der Waals surface area contributed by atoms with Gasteiger partial charge in [-0.3, -0.25) is 14.4 Å². The molecule has 0 spiro atoms. The summed E-state index contributed by atoms with van der Waals surface area (Å²) in [5.74, 6) is 0.330. The molecule has 1 aliphatic rings. The normalized spacial score (nSPS) is 19.0. The third-order valence-corrected chi connectivity index (χ3v) is 4.69. The minimum Gasteiger partial charge on any atom is -0.383 e. The average molecular weight is 414 g/mol. The maximum atomic E-state index is 11.6. The van der Waals surface area contributed by atoms with Crippen LogP contribution in [0.25, 0.3) is 0 Å². The fourth-order valence-corrected chi connectivity index (χ4v) is 3.17. The van der Waals surface area contributed by atoms with E-state index < -0.39 is 6.10 Å². The predicted molar refractivity (Wildman–Crippen MR) is 86.0 cm³/mol. The molecule has 1 rings (SSSR count). The smallest absolute Gasteiger partial charge is 0.251 e. The number of rotatable bonds is 8. The van der Waals surface area contributed by atoms with Crippen LogP contribution in [-0.4, -0.2) is 69.3 Å². The topological polar surface area (TPSA) is 86.7 Å². The van der Waals surface area contributed by atoms with Crippen molar-refractivity contribution in [2.45, 2.75) is 18.9 Å². The summed E-state index contributed by atoms with van der Waals surface area (Å²) in [6, 6.07) is 0. The molecular weight excluding hydrogens is 395 g/mol. The van der Waals surface area contributed by atoms with Gasteiger partial charge in [-0.15, -0.1) is 11.8 Å². The number of piperidine rings is 1. The number of nitrogens with zero attached hydrogens (tertiary/aromatic N) is 1. The lowest BCUT2D eigenvalue weighted by Gasteiger charge is -2.29. The lowest BCUT2D eigenvalue weighted by molar-refractivity contribution is -0.143. The Balaban J connectivity index is 2.12. The summed E-state index contributed by atoms with van der Waals surface area (Å²) >= 11 is 3.29. The van der Waals surface area contributed by atoms with Crippen molar-refractivity contribution in [1.82, 2.24) is 10.2 Å². The van der Waals surface area contributed by atoms with E-state index in [0.29, 0.717) is 36.2 Å². The minimum absolute atomic E-state index is 0.122. The number of Topliss-reactive ketones (excluding diaryl/α,β-unsaturated/α-hetero) is 1. The number of amides is 2. The summed E-state index contributed by atoms with van der Waals surface area (Å²) in [4.78, 5) is 35.7. The van der Waals surface area contributed by atoms with Gasteiger partial charge in [0.1, 0.15) is 6.10 Å². The number of aliphatic hydroxyl groups excluding tert-OH is 1. The summed E-state index contributed by atoms with van der Waals surface area (Å²) in [6.45, 7) is 1.42. The van der Waals surface area contributed by atoms with E-state index in [1.165, 1.54) is 11.8 Å². The summed E-state index contributed by atoms with van der Waals surface area (Å²) in [5, 5.41) is 12.1. The van der Waals surface area contributed by atoms with E-state index in [0.717, 1.165) is 6.42 Å². The molecule has 2 amide bonds. The Labute approximate surface area is 136 Å². The van der Waals surface area contributed by atoms with Crippen LogP contribution in [0.4, 0.5) is 0 Å². The minimum atomic E-state index is -0.894. The van der Waals surface area contributed by atoms with Crippen LogP contribution >= 0.6 is 34.4 Å². The monoisotopic (exact) mass is 414 g/mol. The van der Waals surface area contributed by atoms with Gasteiger partial charge in [0.2, 0.25) is 5.91 Å². The third-order valence-electron chi connectivity index (χ3n) is 2.85. The fraction of sp³-hybridized carbons (Fsp3) is 0.750. The summed E-state index contributed by atoms with van der Waals surface area (Å²) < 4.78 is 0.464. The zero-order chi connectivity index (χ0) is 15.0. The molecule has 8 heteroatoms. The van der Waals surface area contributed by atoms with Gasteiger partial charge < -0.3 is 15.3 Å². The highest BCUT2D eigenvalue weighted by molar-refractivity contribution is 14.1. The fourth-order valence-electron chi connectivity index (χ4n) is 1.82. The Morgan fingerprint density at radius 3 is 2.90 bits per heavy atom. The molecule has 1 heterocycles. The van der Waals surface area contributed by atoms with Gasteiger partial charge in [0.15, 0.2) is 5.78 Å². The molecule has 0 radical (unpaired) electrons. The molecule has 1 aliphatic heterocycles. The predicted octanol–water partition coefficient (Wildman–Crippen LogP) is -0.177. The first kappa shape index (κ1) is 17.7. The molecule has 0 saturated carbocycles. The van der Waals surface area contributed by atoms with Gasteiger partial charge in [0.25, 0.3) is 5.91 Å².